The molecule has 3 aromatic carbocycles. The number of ether oxygens (including phenoxy) is 4. The topological polar surface area (TPSA) is 202 Å². The summed E-state index contributed by atoms with van der Waals surface area (Å²) in [5.74, 6) is -0.694. The van der Waals surface area contributed by atoms with Gasteiger partial charge in [0.2, 0.25) is 17.7 Å². The highest BCUT2D eigenvalue weighted by Crippen LogP contribution is 2.38. The molecule has 3 fully saturated rings. The molecule has 5 aromatic rings. The number of carbonyl (C=O) groups is 5. The number of hydrogen-bond acceptors (Lipinski definition) is 13. The molecule has 0 spiro atoms. The summed E-state index contributed by atoms with van der Waals surface area (Å²) in [6.45, 7) is 3.52. The molecule has 1 N–H and O–H groups in total. The minimum atomic E-state index is -1.05. The maximum absolute atomic E-state index is 13.4. The Hall–Kier alpha value is -5.86. The van der Waals surface area contributed by atoms with E-state index in [1.54, 1.807) is 53.6 Å². The van der Waals surface area contributed by atoms with Crippen LogP contribution in [0, 0.1) is 3.57 Å². The van der Waals surface area contributed by atoms with E-state index < -0.39 is 29.7 Å². The van der Waals surface area contributed by atoms with Crippen LogP contribution in [-0.4, -0.2) is 98.4 Å². The fourth-order valence-corrected chi connectivity index (χ4v) is 9.10. The first-order valence-corrected chi connectivity index (χ1v) is 22.0. The van der Waals surface area contributed by atoms with E-state index in [1.807, 2.05) is 6.92 Å². The minimum Gasteiger partial charge on any atom is -0.493 e. The van der Waals surface area contributed by atoms with Crippen LogP contribution >= 0.6 is 34.2 Å². The van der Waals surface area contributed by atoms with Crippen LogP contribution in [0.15, 0.2) is 70.0 Å². The van der Waals surface area contributed by atoms with E-state index in [9.17, 15) is 28.8 Å². The molecular formula is C44H40ClIN6O11. The summed E-state index contributed by atoms with van der Waals surface area (Å²) in [5.41, 5.74) is 1.53. The number of rotatable bonds is 13. The van der Waals surface area contributed by atoms with E-state index in [2.05, 4.69) is 38.2 Å². The van der Waals surface area contributed by atoms with Crippen LogP contribution in [0.4, 0.5) is 0 Å². The van der Waals surface area contributed by atoms with Crippen molar-refractivity contribution < 1.29 is 47.3 Å². The van der Waals surface area contributed by atoms with Gasteiger partial charge >= 0.3 is 0 Å². The quantitative estimate of drug-likeness (QED) is 0.118. The summed E-state index contributed by atoms with van der Waals surface area (Å²) in [7, 11) is 0. The van der Waals surface area contributed by atoms with E-state index in [0.717, 1.165) is 8.47 Å². The van der Waals surface area contributed by atoms with Crippen LogP contribution in [-0.2, 0) is 32.3 Å². The number of benzene rings is 3. The van der Waals surface area contributed by atoms with Gasteiger partial charge in [0.15, 0.2) is 5.43 Å². The predicted molar refractivity (Wildman–Crippen MR) is 232 cm³/mol. The molecule has 5 heterocycles. The summed E-state index contributed by atoms with van der Waals surface area (Å²) >= 11 is 8.76. The minimum absolute atomic E-state index is 0.0193. The molecule has 326 valence electrons. The van der Waals surface area contributed by atoms with Crippen LogP contribution < -0.4 is 25.0 Å². The molecule has 0 bridgehead atoms. The summed E-state index contributed by atoms with van der Waals surface area (Å²) in [6, 6.07) is 13.7. The number of hydrogen-bond donors (Lipinski definition) is 1. The molecular weight excluding hydrogens is 951 g/mol. The molecule has 3 aliphatic heterocycles. The van der Waals surface area contributed by atoms with Crippen molar-refractivity contribution >= 4 is 74.7 Å². The van der Waals surface area contributed by atoms with Crippen molar-refractivity contribution in [2.24, 2.45) is 0 Å². The molecule has 1 atom stereocenters. The molecule has 2 saturated heterocycles. The Labute approximate surface area is 378 Å². The number of aromatic nitrogens is 3. The first kappa shape index (κ1) is 42.4. The fourth-order valence-electron chi connectivity index (χ4n) is 8.22. The molecule has 0 radical (unpaired) electrons. The van der Waals surface area contributed by atoms with Gasteiger partial charge in [0.05, 0.1) is 50.1 Å². The van der Waals surface area contributed by atoms with Crippen molar-refractivity contribution in [1.29, 1.82) is 0 Å². The summed E-state index contributed by atoms with van der Waals surface area (Å²) in [6.07, 6.45) is 4.02. The maximum atomic E-state index is 13.4. The Balaban J connectivity index is 0.715. The normalized spacial score (nSPS) is 20.1. The van der Waals surface area contributed by atoms with Gasteiger partial charge in [0.25, 0.3) is 11.8 Å². The van der Waals surface area contributed by atoms with Gasteiger partial charge in [0.1, 0.15) is 59.6 Å². The molecule has 63 heavy (non-hydrogen) atoms. The second-order valence-corrected chi connectivity index (χ2v) is 17.3. The lowest BCUT2D eigenvalue weighted by atomic mass is 9.91. The van der Waals surface area contributed by atoms with Crippen LogP contribution in [0.5, 0.6) is 17.2 Å². The number of halogens is 2. The maximum Gasteiger partial charge on any atom is 0.266 e. The first-order valence-electron chi connectivity index (χ1n) is 20.6. The van der Waals surface area contributed by atoms with E-state index in [4.69, 9.17) is 35.0 Å². The van der Waals surface area contributed by atoms with Gasteiger partial charge in [-0.15, -0.1) is 5.10 Å². The van der Waals surface area contributed by atoms with Crippen molar-refractivity contribution in [3.63, 3.8) is 0 Å². The van der Waals surface area contributed by atoms with Crippen molar-refractivity contribution in [2.45, 2.75) is 83.0 Å². The van der Waals surface area contributed by atoms with Gasteiger partial charge in [-0.3, -0.25) is 39.0 Å². The van der Waals surface area contributed by atoms with E-state index in [0.29, 0.717) is 89.9 Å². The van der Waals surface area contributed by atoms with Gasteiger partial charge in [-0.05, 0) is 85.2 Å². The molecule has 1 unspecified atom stereocenters. The monoisotopic (exact) mass is 990 g/mol. The summed E-state index contributed by atoms with van der Waals surface area (Å²) in [4.78, 5) is 79.5. The number of piperidine rings is 2. The van der Waals surface area contributed by atoms with Gasteiger partial charge in [-0.25, -0.2) is 4.68 Å². The lowest BCUT2D eigenvalue weighted by molar-refractivity contribution is -0.139. The van der Waals surface area contributed by atoms with Crippen molar-refractivity contribution in [1.82, 2.24) is 30.1 Å². The predicted octanol–water partition coefficient (Wildman–Crippen LogP) is 5.31. The average molecular weight is 991 g/mol. The molecule has 1 saturated carbocycles. The van der Waals surface area contributed by atoms with Crippen LogP contribution in [0.25, 0.3) is 22.3 Å². The SMILES string of the molecule is CCOc1cc2oc(-c3ccc(OCc4cn(CC(=O)N5CCC(OC6CC(Oc7cccc8c7C(=O)N(C7CCC(=O)NC7=O)C8=O)C6)CC5)nn4)cc3Cl)cc(=O)c2cc1I. The van der Waals surface area contributed by atoms with E-state index >= 15 is 0 Å². The van der Waals surface area contributed by atoms with Gasteiger partial charge in [-0.1, -0.05) is 22.9 Å². The third-order valence-electron chi connectivity index (χ3n) is 11.5. The molecule has 19 heteroatoms. The van der Waals surface area contributed by atoms with Crippen LogP contribution in [0.2, 0.25) is 5.02 Å². The van der Waals surface area contributed by atoms with E-state index in [1.165, 1.54) is 16.8 Å². The molecule has 5 amide bonds. The molecule has 9 rings (SSSR count). The summed E-state index contributed by atoms with van der Waals surface area (Å²) < 4.78 is 32.5. The zero-order chi connectivity index (χ0) is 43.9. The van der Waals surface area contributed by atoms with E-state index in [-0.39, 0.29) is 72.5 Å². The molecule has 4 aliphatic rings. The van der Waals surface area contributed by atoms with Gasteiger partial charge in [-0.2, -0.15) is 0 Å². The van der Waals surface area contributed by atoms with Gasteiger partial charge in [0, 0.05) is 50.0 Å². The first-order chi connectivity index (χ1) is 30.4. The van der Waals surface area contributed by atoms with Crippen molar-refractivity contribution in [3.8, 4) is 28.6 Å². The average Bonchev–Trinajstić information content (AvgIpc) is 3.80. The van der Waals surface area contributed by atoms with Crippen molar-refractivity contribution in [3.05, 3.63) is 96.4 Å². The zero-order valence-electron chi connectivity index (χ0n) is 33.8. The summed E-state index contributed by atoms with van der Waals surface area (Å²) in [5, 5.41) is 11.3. The highest BCUT2D eigenvalue weighted by atomic mass is 127. The second-order valence-electron chi connectivity index (χ2n) is 15.7. The standard InChI is InChI=1S/C44H40ClIN6O11/c1-2-59-38-19-37-30(17-32(38)46)34(53)18-36(63-37)28-7-6-25(16-31(28)45)60-22-23-20-51(49-48-23)21-40(55)50-12-10-24(11-13-50)61-26-14-27(15-26)62-35-5-3-4-29-41(35)44(58)52(43(29)57)33-8-9-39(54)47-42(33)56/h3-7,16-20,24,26-27,33H,2,8-15,21-22H2,1H3,(H,47,54,56). The third kappa shape index (κ3) is 8.75. The number of nitrogens with one attached hydrogen (secondary N) is 1. The Morgan fingerprint density at radius 3 is 2.49 bits per heavy atom. The molecule has 17 nitrogen and oxygen atoms in total. The third-order valence-corrected chi connectivity index (χ3v) is 12.7. The van der Waals surface area contributed by atoms with Gasteiger partial charge < -0.3 is 28.3 Å². The number of nitrogens with zero attached hydrogens (tertiary/aromatic N) is 5. The van der Waals surface area contributed by atoms with Crippen LogP contribution in [0.3, 0.4) is 0 Å². The number of carbonyl (C=O) groups excluding carboxylic acids is 5. The number of fused-ring (bicyclic) bond motifs is 2. The number of imide groups is 2. The lowest BCUT2D eigenvalue weighted by Crippen LogP contribution is -2.54. The Morgan fingerprint density at radius 2 is 1.73 bits per heavy atom. The Morgan fingerprint density at radius 1 is 0.921 bits per heavy atom. The second kappa shape index (κ2) is 17.7. The highest BCUT2D eigenvalue weighted by Gasteiger charge is 2.46. The highest BCUT2D eigenvalue weighted by molar-refractivity contribution is 14.1. The van der Waals surface area contributed by atoms with Crippen LogP contribution in [0.1, 0.15) is 71.9 Å². The largest absolute Gasteiger partial charge is 0.493 e. The smallest absolute Gasteiger partial charge is 0.266 e. The molecule has 1 aliphatic carbocycles. The number of likely N-dealkylation sites (tertiary alicyclic amines) is 1. The lowest BCUT2D eigenvalue weighted by Gasteiger charge is -2.40. The van der Waals surface area contributed by atoms with Crippen molar-refractivity contribution in [2.75, 3.05) is 19.7 Å². The number of amides is 5. The zero-order valence-corrected chi connectivity index (χ0v) is 36.8. The fraction of sp³-hybridized carbons (Fsp3) is 0.364. The molecule has 2 aromatic heterocycles. The Kier molecular flexibility index (Phi) is 11.9. The Bertz CT molecular complexity index is 2730.